The lowest BCUT2D eigenvalue weighted by molar-refractivity contribution is -0.140. The Kier molecular flexibility index (Phi) is 5.29. The molecule has 6 heteroatoms. The van der Waals surface area contributed by atoms with Crippen molar-refractivity contribution in [3.63, 3.8) is 0 Å². The minimum absolute atomic E-state index is 0.171. The van der Waals surface area contributed by atoms with Crippen molar-refractivity contribution in [3.05, 3.63) is 30.1 Å². The molecule has 104 valence electrons. The molecular formula is C13H19N3O3. The highest BCUT2D eigenvalue weighted by Gasteiger charge is 2.24. The van der Waals surface area contributed by atoms with Crippen LogP contribution in [0, 0.1) is 5.92 Å². The monoisotopic (exact) mass is 265 g/mol. The minimum Gasteiger partial charge on any atom is -0.480 e. The van der Waals surface area contributed by atoms with E-state index in [1.54, 1.807) is 45.4 Å². The standard InChI is InChI=1S/C13H19N3O3/c1-9(2)11(12(17)18)15-13(19)16(3)8-10-4-6-14-7-5-10/h4-7,9,11H,8H2,1-3H3,(H,15,19)(H,17,18)/t11-/m1/s1. The zero-order valence-corrected chi connectivity index (χ0v) is 11.3. The van der Waals surface area contributed by atoms with Gasteiger partial charge in [0.1, 0.15) is 6.04 Å². The van der Waals surface area contributed by atoms with E-state index in [1.807, 2.05) is 0 Å². The molecule has 0 aromatic carbocycles. The molecule has 0 radical (unpaired) electrons. The number of pyridine rings is 1. The van der Waals surface area contributed by atoms with Crippen molar-refractivity contribution in [2.75, 3.05) is 7.05 Å². The summed E-state index contributed by atoms with van der Waals surface area (Å²) in [6.45, 7) is 3.91. The number of carbonyl (C=O) groups is 2. The second kappa shape index (κ2) is 6.72. The maximum atomic E-state index is 11.9. The number of carbonyl (C=O) groups excluding carboxylic acids is 1. The molecular weight excluding hydrogens is 246 g/mol. The SMILES string of the molecule is CC(C)[C@@H](NC(=O)N(C)Cc1ccncc1)C(=O)O. The highest BCUT2D eigenvalue weighted by molar-refractivity contribution is 5.82. The Bertz CT molecular complexity index is 434. The van der Waals surface area contributed by atoms with Crippen molar-refractivity contribution in [2.45, 2.75) is 26.4 Å². The Morgan fingerprint density at radius 1 is 1.37 bits per heavy atom. The minimum atomic E-state index is -1.03. The summed E-state index contributed by atoms with van der Waals surface area (Å²) in [4.78, 5) is 28.3. The van der Waals surface area contributed by atoms with E-state index in [0.717, 1.165) is 5.56 Å². The summed E-state index contributed by atoms with van der Waals surface area (Å²) >= 11 is 0. The molecule has 6 nitrogen and oxygen atoms in total. The fourth-order valence-corrected chi connectivity index (χ4v) is 1.59. The molecule has 1 atom stereocenters. The molecule has 0 saturated heterocycles. The van der Waals surface area contributed by atoms with Crippen LogP contribution >= 0.6 is 0 Å². The van der Waals surface area contributed by atoms with Gasteiger partial charge in [0.15, 0.2) is 0 Å². The summed E-state index contributed by atoms with van der Waals surface area (Å²) in [5.74, 6) is -1.20. The Balaban J connectivity index is 2.60. The fourth-order valence-electron chi connectivity index (χ4n) is 1.59. The van der Waals surface area contributed by atoms with Gasteiger partial charge in [-0.25, -0.2) is 9.59 Å². The predicted molar refractivity (Wildman–Crippen MR) is 70.5 cm³/mol. The van der Waals surface area contributed by atoms with Crippen LogP contribution in [-0.4, -0.2) is 40.1 Å². The number of carboxylic acid groups (broad SMARTS) is 1. The smallest absolute Gasteiger partial charge is 0.326 e. The molecule has 1 heterocycles. The van der Waals surface area contributed by atoms with Gasteiger partial charge in [-0.05, 0) is 23.6 Å². The molecule has 2 N–H and O–H groups in total. The second-order valence-electron chi connectivity index (χ2n) is 4.72. The molecule has 0 unspecified atom stereocenters. The van der Waals surface area contributed by atoms with Gasteiger partial charge < -0.3 is 15.3 Å². The first-order valence-corrected chi connectivity index (χ1v) is 6.05. The summed E-state index contributed by atoms with van der Waals surface area (Å²) in [7, 11) is 1.62. The Morgan fingerprint density at radius 2 is 1.95 bits per heavy atom. The van der Waals surface area contributed by atoms with Crippen molar-refractivity contribution in [1.82, 2.24) is 15.2 Å². The van der Waals surface area contributed by atoms with Crippen LogP contribution in [0.4, 0.5) is 4.79 Å². The van der Waals surface area contributed by atoms with Crippen molar-refractivity contribution < 1.29 is 14.7 Å². The number of nitrogens with zero attached hydrogens (tertiary/aromatic N) is 2. The molecule has 1 rings (SSSR count). The molecule has 0 aliphatic rings. The van der Waals surface area contributed by atoms with E-state index in [-0.39, 0.29) is 5.92 Å². The van der Waals surface area contributed by atoms with Crippen LogP contribution in [-0.2, 0) is 11.3 Å². The number of hydrogen-bond donors (Lipinski definition) is 2. The van der Waals surface area contributed by atoms with E-state index in [9.17, 15) is 9.59 Å². The van der Waals surface area contributed by atoms with Gasteiger partial charge in [0.25, 0.3) is 0 Å². The molecule has 0 fully saturated rings. The molecule has 0 aliphatic carbocycles. The van der Waals surface area contributed by atoms with E-state index in [2.05, 4.69) is 10.3 Å². The number of aliphatic carboxylic acids is 1. The summed E-state index contributed by atoms with van der Waals surface area (Å²) in [5.41, 5.74) is 0.934. The van der Waals surface area contributed by atoms with Gasteiger partial charge in [0, 0.05) is 26.0 Å². The molecule has 2 amide bonds. The van der Waals surface area contributed by atoms with Gasteiger partial charge in [-0.2, -0.15) is 0 Å². The van der Waals surface area contributed by atoms with Crippen molar-refractivity contribution >= 4 is 12.0 Å². The summed E-state index contributed by atoms with van der Waals surface area (Å²) in [5, 5.41) is 11.5. The van der Waals surface area contributed by atoms with E-state index in [4.69, 9.17) is 5.11 Å². The summed E-state index contributed by atoms with van der Waals surface area (Å²) in [6.07, 6.45) is 3.30. The van der Waals surface area contributed by atoms with Gasteiger partial charge in [-0.3, -0.25) is 4.98 Å². The zero-order chi connectivity index (χ0) is 14.4. The molecule has 19 heavy (non-hydrogen) atoms. The van der Waals surface area contributed by atoms with Crippen LogP contribution in [0.15, 0.2) is 24.5 Å². The quantitative estimate of drug-likeness (QED) is 0.841. The van der Waals surface area contributed by atoms with Crippen LogP contribution in [0.1, 0.15) is 19.4 Å². The van der Waals surface area contributed by atoms with Crippen LogP contribution in [0.3, 0.4) is 0 Å². The number of carboxylic acids is 1. The van der Waals surface area contributed by atoms with Gasteiger partial charge in [-0.1, -0.05) is 13.8 Å². The number of aromatic nitrogens is 1. The normalized spacial score (nSPS) is 12.0. The second-order valence-corrected chi connectivity index (χ2v) is 4.72. The van der Waals surface area contributed by atoms with Crippen LogP contribution in [0.5, 0.6) is 0 Å². The molecule has 0 bridgehead atoms. The number of amides is 2. The average Bonchev–Trinajstić information content (AvgIpc) is 2.35. The summed E-state index contributed by atoms with van der Waals surface area (Å²) in [6, 6.07) is 2.33. The Morgan fingerprint density at radius 3 is 2.42 bits per heavy atom. The van der Waals surface area contributed by atoms with E-state index in [1.165, 1.54) is 4.90 Å². The van der Waals surface area contributed by atoms with Gasteiger partial charge in [0.2, 0.25) is 0 Å². The molecule has 1 aromatic rings. The number of nitrogens with one attached hydrogen (secondary N) is 1. The van der Waals surface area contributed by atoms with E-state index >= 15 is 0 Å². The Labute approximate surface area is 112 Å². The van der Waals surface area contributed by atoms with Gasteiger partial charge in [0.05, 0.1) is 0 Å². The maximum Gasteiger partial charge on any atom is 0.326 e. The Hall–Kier alpha value is -2.11. The first kappa shape index (κ1) is 14.9. The van der Waals surface area contributed by atoms with Crippen LogP contribution in [0.2, 0.25) is 0 Å². The predicted octanol–water partition coefficient (Wildman–Crippen LogP) is 1.33. The van der Waals surface area contributed by atoms with Gasteiger partial charge in [-0.15, -0.1) is 0 Å². The first-order chi connectivity index (χ1) is 8.91. The lowest BCUT2D eigenvalue weighted by Gasteiger charge is -2.23. The van der Waals surface area contributed by atoms with Crippen molar-refractivity contribution in [1.29, 1.82) is 0 Å². The molecule has 0 aliphatic heterocycles. The third-order valence-corrected chi connectivity index (χ3v) is 2.73. The highest BCUT2D eigenvalue weighted by Crippen LogP contribution is 2.05. The lowest BCUT2D eigenvalue weighted by Crippen LogP contribution is -2.48. The lowest BCUT2D eigenvalue weighted by atomic mass is 10.1. The summed E-state index contributed by atoms with van der Waals surface area (Å²) < 4.78 is 0. The maximum absolute atomic E-state index is 11.9. The van der Waals surface area contributed by atoms with E-state index in [0.29, 0.717) is 6.54 Å². The van der Waals surface area contributed by atoms with Crippen molar-refractivity contribution in [2.24, 2.45) is 5.92 Å². The molecule has 0 spiro atoms. The third-order valence-electron chi connectivity index (χ3n) is 2.73. The number of urea groups is 1. The number of rotatable bonds is 5. The molecule has 1 aromatic heterocycles. The largest absolute Gasteiger partial charge is 0.480 e. The topological polar surface area (TPSA) is 82.5 Å². The molecule has 0 saturated carbocycles. The number of hydrogen-bond acceptors (Lipinski definition) is 3. The van der Waals surface area contributed by atoms with Crippen LogP contribution in [0.25, 0.3) is 0 Å². The van der Waals surface area contributed by atoms with E-state index < -0.39 is 18.0 Å². The first-order valence-electron chi connectivity index (χ1n) is 6.05. The average molecular weight is 265 g/mol. The highest BCUT2D eigenvalue weighted by atomic mass is 16.4. The van der Waals surface area contributed by atoms with Crippen LogP contribution < -0.4 is 5.32 Å². The van der Waals surface area contributed by atoms with Crippen molar-refractivity contribution in [3.8, 4) is 0 Å². The third kappa shape index (κ3) is 4.57. The fraction of sp³-hybridized carbons (Fsp3) is 0.462. The van der Waals surface area contributed by atoms with Gasteiger partial charge >= 0.3 is 12.0 Å². The zero-order valence-electron chi connectivity index (χ0n) is 11.3.